The number of nitrogens with one attached hydrogen (secondary N) is 1. The predicted octanol–water partition coefficient (Wildman–Crippen LogP) is 4.72. The van der Waals surface area contributed by atoms with Crippen molar-refractivity contribution < 1.29 is 22.7 Å². The van der Waals surface area contributed by atoms with Gasteiger partial charge in [0.15, 0.2) is 14.9 Å². The van der Waals surface area contributed by atoms with Gasteiger partial charge in [-0.05, 0) is 42.9 Å². The molecule has 2 aliphatic rings. The van der Waals surface area contributed by atoms with Crippen molar-refractivity contribution in [3.63, 3.8) is 0 Å². The van der Waals surface area contributed by atoms with Crippen molar-refractivity contribution in [3.05, 3.63) is 72.3 Å². The Bertz CT molecular complexity index is 1360. The highest BCUT2D eigenvalue weighted by Gasteiger charge is 2.35. The molecule has 0 saturated heterocycles. The van der Waals surface area contributed by atoms with Crippen LogP contribution < -0.4 is 5.32 Å². The molecule has 200 valence electrons. The van der Waals surface area contributed by atoms with E-state index in [9.17, 15) is 18.0 Å². The molecule has 2 saturated carbocycles. The van der Waals surface area contributed by atoms with Gasteiger partial charge in [-0.2, -0.15) is 0 Å². The Morgan fingerprint density at radius 3 is 2.42 bits per heavy atom. The summed E-state index contributed by atoms with van der Waals surface area (Å²) >= 11 is 0. The van der Waals surface area contributed by atoms with Crippen LogP contribution in [0.4, 0.5) is 5.82 Å². The summed E-state index contributed by atoms with van der Waals surface area (Å²) in [5.74, 6) is -0.117. The number of anilines is 1. The topological polar surface area (TPSA) is 120 Å². The summed E-state index contributed by atoms with van der Waals surface area (Å²) in [5.41, 5.74) is 1.16. The Hall–Kier alpha value is -3.53. The molecular weight excluding hydrogens is 504 g/mol. The number of aromatic nitrogens is 3. The first kappa shape index (κ1) is 26.1. The molecule has 10 heteroatoms. The Kier molecular flexibility index (Phi) is 7.87. The zero-order valence-corrected chi connectivity index (χ0v) is 22.0. The minimum absolute atomic E-state index is 0.0305. The third-order valence-corrected chi connectivity index (χ3v) is 9.66. The van der Waals surface area contributed by atoms with E-state index in [2.05, 4.69) is 15.3 Å². The maximum atomic E-state index is 13.4. The van der Waals surface area contributed by atoms with E-state index in [1.54, 1.807) is 16.7 Å². The van der Waals surface area contributed by atoms with Crippen molar-refractivity contribution in [2.24, 2.45) is 5.92 Å². The van der Waals surface area contributed by atoms with E-state index in [-0.39, 0.29) is 28.4 Å². The second-order valence-electron chi connectivity index (χ2n) is 10.1. The molecule has 0 unspecified atom stereocenters. The van der Waals surface area contributed by atoms with Gasteiger partial charge >= 0.3 is 5.97 Å². The van der Waals surface area contributed by atoms with Gasteiger partial charge in [0.1, 0.15) is 18.5 Å². The first-order valence-electron chi connectivity index (χ1n) is 13.2. The number of amides is 1. The highest BCUT2D eigenvalue weighted by Crippen LogP contribution is 2.34. The molecule has 9 nitrogen and oxygen atoms in total. The smallest absolute Gasteiger partial charge is 0.340 e. The molecule has 2 fully saturated rings. The van der Waals surface area contributed by atoms with Crippen LogP contribution in [0.5, 0.6) is 0 Å². The van der Waals surface area contributed by atoms with Crippen LogP contribution in [0, 0.1) is 5.92 Å². The molecule has 5 rings (SSSR count). The van der Waals surface area contributed by atoms with Gasteiger partial charge in [-0.15, -0.1) is 0 Å². The van der Waals surface area contributed by atoms with Crippen molar-refractivity contribution in [2.45, 2.75) is 74.3 Å². The molecule has 3 aromatic rings. The standard InChI is InChI=1S/C28H32N4O5S/c33-27(31-25-14-13-22(16-29-25)28(34)37-18-21-9-2-1-3-10-21)24(15-20-7-4-5-8-20)32-17-26(30-19-32)38(35,36)23-11-6-12-23/h1-3,9-10,13-14,16-17,19-20,23-24H,4-8,11-12,15,18H2,(H,29,31,33)/t24-/m0/s1. The van der Waals surface area contributed by atoms with Crippen molar-refractivity contribution in [1.82, 2.24) is 14.5 Å². The Morgan fingerprint density at radius 1 is 1.00 bits per heavy atom. The van der Waals surface area contributed by atoms with E-state index in [1.165, 1.54) is 18.7 Å². The van der Waals surface area contributed by atoms with Crippen LogP contribution in [0.1, 0.15) is 73.3 Å². The Labute approximate surface area is 222 Å². The second kappa shape index (κ2) is 11.5. The van der Waals surface area contributed by atoms with E-state index in [0.717, 1.165) is 37.7 Å². The minimum Gasteiger partial charge on any atom is -0.457 e. The summed E-state index contributed by atoms with van der Waals surface area (Å²) < 4.78 is 32.6. The number of carbonyl (C=O) groups excluding carboxylic acids is 2. The largest absolute Gasteiger partial charge is 0.457 e. The van der Waals surface area contributed by atoms with Crippen LogP contribution in [-0.4, -0.2) is 40.1 Å². The van der Waals surface area contributed by atoms with Crippen LogP contribution in [-0.2, 0) is 26.0 Å². The summed E-state index contributed by atoms with van der Waals surface area (Å²) in [6, 6.07) is 11.9. The third-order valence-electron chi connectivity index (χ3n) is 7.52. The predicted molar refractivity (Wildman–Crippen MR) is 141 cm³/mol. The van der Waals surface area contributed by atoms with E-state index in [0.29, 0.717) is 31.0 Å². The van der Waals surface area contributed by atoms with Gasteiger partial charge in [-0.3, -0.25) is 4.79 Å². The molecule has 2 aliphatic carbocycles. The number of benzene rings is 1. The lowest BCUT2D eigenvalue weighted by Gasteiger charge is -2.24. The van der Waals surface area contributed by atoms with Crippen LogP contribution in [0.2, 0.25) is 0 Å². The number of imidazole rings is 1. The van der Waals surface area contributed by atoms with Gasteiger partial charge in [0, 0.05) is 12.4 Å². The average Bonchev–Trinajstić information content (AvgIpc) is 3.58. The Balaban J connectivity index is 1.26. The molecule has 2 heterocycles. The van der Waals surface area contributed by atoms with Crippen LogP contribution >= 0.6 is 0 Å². The number of hydrogen-bond donors (Lipinski definition) is 1. The van der Waals surface area contributed by atoms with Gasteiger partial charge in [-0.1, -0.05) is 62.4 Å². The molecular formula is C28H32N4O5S. The monoisotopic (exact) mass is 536 g/mol. The molecule has 0 bridgehead atoms. The van der Waals surface area contributed by atoms with Gasteiger partial charge in [0.25, 0.3) is 0 Å². The SMILES string of the molecule is O=C(OCc1ccccc1)c1ccc(NC(=O)[C@H](CC2CCCC2)n2cnc(S(=O)(=O)C3CCC3)c2)nc1. The highest BCUT2D eigenvalue weighted by molar-refractivity contribution is 7.92. The molecule has 0 aliphatic heterocycles. The number of rotatable bonds is 10. The maximum Gasteiger partial charge on any atom is 0.340 e. The second-order valence-corrected chi connectivity index (χ2v) is 12.3. The fraction of sp³-hybridized carbons (Fsp3) is 0.429. The summed E-state index contributed by atoms with van der Waals surface area (Å²) in [6.45, 7) is 0.157. The minimum atomic E-state index is -3.48. The third kappa shape index (κ3) is 5.96. The summed E-state index contributed by atoms with van der Waals surface area (Å²) in [4.78, 5) is 34.2. The van der Waals surface area contributed by atoms with E-state index in [4.69, 9.17) is 4.74 Å². The molecule has 0 radical (unpaired) electrons. The van der Waals surface area contributed by atoms with Gasteiger partial charge in [0.2, 0.25) is 5.91 Å². The first-order valence-corrected chi connectivity index (χ1v) is 14.7. The van der Waals surface area contributed by atoms with Crippen LogP contribution in [0.3, 0.4) is 0 Å². The molecule has 2 aromatic heterocycles. The van der Waals surface area contributed by atoms with Crippen LogP contribution in [0.15, 0.2) is 66.2 Å². The zero-order chi connectivity index (χ0) is 26.5. The Morgan fingerprint density at radius 2 is 1.76 bits per heavy atom. The number of nitrogens with zero attached hydrogens (tertiary/aromatic N) is 3. The number of sulfone groups is 1. The van der Waals surface area contributed by atoms with Crippen molar-refractivity contribution in [3.8, 4) is 0 Å². The molecule has 0 spiro atoms. The van der Waals surface area contributed by atoms with Crippen molar-refractivity contribution in [2.75, 3.05) is 5.32 Å². The van der Waals surface area contributed by atoms with Gasteiger partial charge < -0.3 is 14.6 Å². The molecule has 1 amide bonds. The highest BCUT2D eigenvalue weighted by atomic mass is 32.2. The fourth-order valence-corrected chi connectivity index (χ4v) is 6.78. The lowest BCUT2D eigenvalue weighted by molar-refractivity contribution is -0.119. The van der Waals surface area contributed by atoms with E-state index in [1.807, 2.05) is 30.3 Å². The van der Waals surface area contributed by atoms with Crippen molar-refractivity contribution in [1.29, 1.82) is 0 Å². The zero-order valence-electron chi connectivity index (χ0n) is 21.2. The number of ether oxygens (including phenoxy) is 1. The molecule has 38 heavy (non-hydrogen) atoms. The van der Waals surface area contributed by atoms with E-state index >= 15 is 0 Å². The van der Waals surface area contributed by atoms with E-state index < -0.39 is 21.8 Å². The number of carbonyl (C=O) groups is 2. The summed E-state index contributed by atoms with van der Waals surface area (Å²) in [7, 11) is -3.48. The maximum absolute atomic E-state index is 13.4. The van der Waals surface area contributed by atoms with Crippen molar-refractivity contribution >= 4 is 27.5 Å². The quantitative estimate of drug-likeness (QED) is 0.372. The van der Waals surface area contributed by atoms with Crippen LogP contribution in [0.25, 0.3) is 0 Å². The fourth-order valence-electron chi connectivity index (χ4n) is 5.02. The summed E-state index contributed by atoms with van der Waals surface area (Å²) in [5, 5.41) is 2.48. The molecule has 1 aromatic carbocycles. The number of esters is 1. The lowest BCUT2D eigenvalue weighted by Crippen LogP contribution is -2.29. The molecule has 1 N–H and O–H groups in total. The normalized spacial score (nSPS) is 17.1. The average molecular weight is 537 g/mol. The number of pyridine rings is 1. The number of hydrogen-bond acceptors (Lipinski definition) is 7. The summed E-state index contributed by atoms with van der Waals surface area (Å²) in [6.07, 6.45) is 11.5. The molecule has 1 atom stereocenters. The van der Waals surface area contributed by atoms with Gasteiger partial charge in [-0.25, -0.2) is 23.2 Å². The van der Waals surface area contributed by atoms with Gasteiger partial charge in [0.05, 0.1) is 17.1 Å². The first-order chi connectivity index (χ1) is 18.4. The lowest BCUT2D eigenvalue weighted by atomic mass is 9.97.